The van der Waals surface area contributed by atoms with Gasteiger partial charge >= 0.3 is 18.3 Å². The molecule has 1 aromatic rings. The first kappa shape index (κ1) is 25.1. The van der Waals surface area contributed by atoms with Crippen LogP contribution >= 0.6 is 0 Å². The van der Waals surface area contributed by atoms with Crippen molar-refractivity contribution in [2.45, 2.75) is 59.3 Å². The van der Waals surface area contributed by atoms with Crippen molar-refractivity contribution in [1.29, 1.82) is 0 Å². The minimum Gasteiger partial charge on any atom is -0.449 e. The predicted molar refractivity (Wildman–Crippen MR) is 112 cm³/mol. The zero-order chi connectivity index (χ0) is 22.2. The van der Waals surface area contributed by atoms with Gasteiger partial charge in [0.1, 0.15) is 0 Å². The average Bonchev–Trinajstić information content (AvgIpc) is 2.74. The van der Waals surface area contributed by atoms with Crippen LogP contribution < -0.4 is 0 Å². The van der Waals surface area contributed by atoms with Crippen molar-refractivity contribution in [2.24, 2.45) is 4.99 Å². The Hall–Kier alpha value is -2.90. The van der Waals surface area contributed by atoms with Gasteiger partial charge in [0, 0.05) is 5.56 Å². The maximum Gasteiger partial charge on any atom is 0.435 e. The number of hydrogen-bond donors (Lipinski definition) is 0. The molecule has 0 heterocycles. The van der Waals surface area contributed by atoms with Gasteiger partial charge in [-0.1, -0.05) is 64.3 Å². The lowest BCUT2D eigenvalue weighted by atomic mass is 10.2. The van der Waals surface area contributed by atoms with E-state index in [4.69, 9.17) is 14.2 Å². The molecule has 1 rings (SSSR count). The van der Waals surface area contributed by atoms with Crippen LogP contribution in [0.5, 0.6) is 0 Å². The number of benzene rings is 1. The number of amides is 3. The fourth-order valence-electron chi connectivity index (χ4n) is 2.19. The Labute approximate surface area is 178 Å². The molecule has 0 bridgehead atoms. The van der Waals surface area contributed by atoms with Gasteiger partial charge in [0.25, 0.3) is 0 Å². The predicted octanol–water partition coefficient (Wildman–Crippen LogP) is 5.35. The standard InChI is InChI=1S/C22H31N2O6/c1-4-7-15-28-20(25)23-19(18-13-11-10-12-14-18)24(21(26)29-16-8-5-2)22(27)30-17-9-6-3/h11-14H,4-9,15-17H2,1-3H3. The summed E-state index contributed by atoms with van der Waals surface area (Å²) >= 11 is 0. The summed E-state index contributed by atoms with van der Waals surface area (Å²) in [5.41, 5.74) is 0.348. The lowest BCUT2D eigenvalue weighted by Crippen LogP contribution is -2.43. The van der Waals surface area contributed by atoms with E-state index in [-0.39, 0.29) is 25.7 Å². The smallest absolute Gasteiger partial charge is 0.435 e. The van der Waals surface area contributed by atoms with Crippen molar-refractivity contribution in [2.75, 3.05) is 19.8 Å². The van der Waals surface area contributed by atoms with Gasteiger partial charge in [0.05, 0.1) is 19.8 Å². The molecule has 0 saturated heterocycles. The Balaban J connectivity index is 3.22. The average molecular weight is 419 g/mol. The summed E-state index contributed by atoms with van der Waals surface area (Å²) in [5.74, 6) is -0.214. The van der Waals surface area contributed by atoms with E-state index in [1.807, 2.05) is 20.8 Å². The van der Waals surface area contributed by atoms with Crippen LogP contribution in [-0.4, -0.2) is 48.8 Å². The quantitative estimate of drug-likeness (QED) is 0.220. The number of carbonyl (C=O) groups is 3. The highest BCUT2D eigenvalue weighted by atomic mass is 16.6. The fourth-order valence-corrected chi connectivity index (χ4v) is 2.19. The van der Waals surface area contributed by atoms with Gasteiger partial charge in [-0.05, 0) is 25.3 Å². The molecule has 0 saturated carbocycles. The highest BCUT2D eigenvalue weighted by Gasteiger charge is 2.32. The molecule has 0 unspecified atom stereocenters. The zero-order valence-corrected chi connectivity index (χ0v) is 18.0. The molecular weight excluding hydrogens is 388 g/mol. The van der Waals surface area contributed by atoms with Gasteiger partial charge in [-0.2, -0.15) is 9.89 Å². The van der Waals surface area contributed by atoms with Crippen molar-refractivity contribution >= 4 is 24.1 Å². The van der Waals surface area contributed by atoms with Crippen molar-refractivity contribution in [3.63, 3.8) is 0 Å². The van der Waals surface area contributed by atoms with Gasteiger partial charge in [0.15, 0.2) is 5.84 Å². The number of rotatable bonds is 10. The third-order valence-electron chi connectivity index (χ3n) is 3.92. The van der Waals surface area contributed by atoms with Crippen molar-refractivity contribution in [3.05, 3.63) is 35.9 Å². The normalized spacial score (nSPS) is 11.0. The van der Waals surface area contributed by atoms with E-state index < -0.39 is 18.3 Å². The molecule has 165 valence electrons. The molecule has 0 aliphatic rings. The van der Waals surface area contributed by atoms with Crippen molar-refractivity contribution in [3.8, 4) is 0 Å². The zero-order valence-electron chi connectivity index (χ0n) is 18.0. The van der Waals surface area contributed by atoms with Gasteiger partial charge in [0.2, 0.25) is 0 Å². The molecule has 0 spiro atoms. The highest BCUT2D eigenvalue weighted by Crippen LogP contribution is 2.12. The molecule has 1 aromatic carbocycles. The van der Waals surface area contributed by atoms with E-state index in [9.17, 15) is 14.4 Å². The van der Waals surface area contributed by atoms with E-state index >= 15 is 0 Å². The van der Waals surface area contributed by atoms with E-state index in [1.165, 1.54) is 0 Å². The van der Waals surface area contributed by atoms with Crippen LogP contribution in [0.15, 0.2) is 29.3 Å². The molecule has 8 nitrogen and oxygen atoms in total. The number of nitrogens with zero attached hydrogens (tertiary/aromatic N) is 2. The summed E-state index contributed by atoms with van der Waals surface area (Å²) in [4.78, 5) is 42.2. The van der Waals surface area contributed by atoms with Crippen LogP contribution in [-0.2, 0) is 14.2 Å². The highest BCUT2D eigenvalue weighted by molar-refractivity contribution is 6.17. The van der Waals surface area contributed by atoms with Crippen LogP contribution in [0.1, 0.15) is 64.9 Å². The third kappa shape index (κ3) is 9.07. The molecule has 3 amide bonds. The van der Waals surface area contributed by atoms with Crippen LogP contribution in [0.25, 0.3) is 0 Å². The molecule has 30 heavy (non-hydrogen) atoms. The Morgan fingerprint density at radius 2 is 1.30 bits per heavy atom. The Morgan fingerprint density at radius 1 is 0.833 bits per heavy atom. The Kier molecular flexibility index (Phi) is 12.6. The summed E-state index contributed by atoms with van der Waals surface area (Å²) in [6.45, 7) is 6.31. The molecule has 1 radical (unpaired) electrons. The number of hydrogen-bond acceptors (Lipinski definition) is 6. The van der Waals surface area contributed by atoms with Gasteiger partial charge in [-0.15, -0.1) is 0 Å². The monoisotopic (exact) mass is 419 g/mol. The summed E-state index contributed by atoms with van der Waals surface area (Å²) in [5, 5.41) is 0. The molecule has 0 N–H and O–H groups in total. The lowest BCUT2D eigenvalue weighted by molar-refractivity contribution is 0.0946. The molecule has 0 aliphatic heterocycles. The second-order valence-electron chi connectivity index (χ2n) is 6.46. The van der Waals surface area contributed by atoms with E-state index in [0.717, 1.165) is 19.3 Å². The first-order valence-corrected chi connectivity index (χ1v) is 10.4. The van der Waals surface area contributed by atoms with Crippen molar-refractivity contribution < 1.29 is 28.6 Å². The summed E-state index contributed by atoms with van der Waals surface area (Å²) in [7, 11) is 0. The molecule has 0 aliphatic carbocycles. The molecule has 8 heteroatoms. The van der Waals surface area contributed by atoms with Crippen LogP contribution in [0, 0.1) is 6.07 Å². The number of unbranched alkanes of at least 4 members (excludes halogenated alkanes) is 3. The first-order valence-electron chi connectivity index (χ1n) is 10.4. The molecule has 0 atom stereocenters. The summed E-state index contributed by atoms with van der Waals surface area (Å²) in [6.07, 6.45) is 1.60. The lowest BCUT2D eigenvalue weighted by Gasteiger charge is -2.21. The number of amidine groups is 1. The van der Waals surface area contributed by atoms with Crippen LogP contribution in [0.4, 0.5) is 14.4 Å². The SMILES string of the molecule is CCCCOC(=O)N=C(c1cc[c]cc1)N(C(=O)OCCCC)C(=O)OCCCC. The van der Waals surface area contributed by atoms with Crippen LogP contribution in [0.3, 0.4) is 0 Å². The Morgan fingerprint density at radius 3 is 1.77 bits per heavy atom. The number of ether oxygens (including phenoxy) is 3. The minimum atomic E-state index is -0.960. The minimum absolute atomic E-state index is 0.130. The fraction of sp³-hybridized carbons (Fsp3) is 0.545. The van der Waals surface area contributed by atoms with E-state index in [0.29, 0.717) is 29.7 Å². The van der Waals surface area contributed by atoms with Gasteiger partial charge in [-0.25, -0.2) is 14.4 Å². The molecule has 0 aromatic heterocycles. The van der Waals surface area contributed by atoms with Crippen LogP contribution in [0.2, 0.25) is 0 Å². The summed E-state index contributed by atoms with van der Waals surface area (Å²) in [6, 6.07) is 9.15. The van der Waals surface area contributed by atoms with Gasteiger partial charge < -0.3 is 14.2 Å². The largest absolute Gasteiger partial charge is 0.449 e. The van der Waals surface area contributed by atoms with Crippen molar-refractivity contribution in [1.82, 2.24) is 4.90 Å². The number of imide groups is 1. The number of carbonyl (C=O) groups excluding carboxylic acids is 3. The van der Waals surface area contributed by atoms with E-state index in [1.54, 1.807) is 24.3 Å². The maximum atomic E-state index is 12.7. The van der Waals surface area contributed by atoms with Gasteiger partial charge in [-0.3, -0.25) is 0 Å². The topological polar surface area (TPSA) is 94.5 Å². The summed E-state index contributed by atoms with van der Waals surface area (Å²) < 4.78 is 15.5. The molecular formula is C22H31N2O6. The molecule has 0 fully saturated rings. The first-order chi connectivity index (χ1) is 14.5. The Bertz CT molecular complexity index is 668. The maximum absolute atomic E-state index is 12.7. The third-order valence-corrected chi connectivity index (χ3v) is 3.92. The van der Waals surface area contributed by atoms with E-state index in [2.05, 4.69) is 11.1 Å². The second kappa shape index (κ2) is 15.0. The second-order valence-corrected chi connectivity index (χ2v) is 6.46. The number of aliphatic imine (C=N–C) groups is 1.